The van der Waals surface area contributed by atoms with Crippen LogP contribution in [-0.2, 0) is 0 Å². The van der Waals surface area contributed by atoms with E-state index in [2.05, 4.69) is 16.5 Å². The van der Waals surface area contributed by atoms with E-state index >= 15 is 0 Å². The Morgan fingerprint density at radius 1 is 1.90 bits per heavy atom. The van der Waals surface area contributed by atoms with E-state index in [1.165, 1.54) is 12.3 Å². The van der Waals surface area contributed by atoms with Gasteiger partial charge in [0.1, 0.15) is 6.20 Å². The van der Waals surface area contributed by atoms with E-state index in [4.69, 9.17) is 0 Å². The van der Waals surface area contributed by atoms with Gasteiger partial charge >= 0.3 is 5.95 Å². The zero-order valence-electron chi connectivity index (χ0n) is 5.07. The second-order valence-electron chi connectivity index (χ2n) is 1.61. The maximum Gasteiger partial charge on any atom is 0.432 e. The quantitative estimate of drug-likeness (QED) is 0.490. The summed E-state index contributed by atoms with van der Waals surface area (Å²) in [6.45, 7) is 3.40. The van der Waals surface area contributed by atoms with Gasteiger partial charge in [0.2, 0.25) is 0 Å². The fourth-order valence-corrected chi connectivity index (χ4v) is 0.523. The van der Waals surface area contributed by atoms with E-state index < -0.39 is 4.92 Å². The van der Waals surface area contributed by atoms with Crippen LogP contribution in [0.1, 0.15) is 5.69 Å². The van der Waals surface area contributed by atoms with Crippen molar-refractivity contribution < 1.29 is 4.92 Å². The maximum atomic E-state index is 10.0. The van der Waals surface area contributed by atoms with Crippen molar-refractivity contribution in [2.24, 2.45) is 0 Å². The van der Waals surface area contributed by atoms with E-state index in [0.29, 0.717) is 5.69 Å². The van der Waals surface area contributed by atoms with Crippen molar-refractivity contribution in [1.29, 1.82) is 0 Å². The number of imidazole rings is 1. The summed E-state index contributed by atoms with van der Waals surface area (Å²) in [5.41, 5.74) is 0.478. The van der Waals surface area contributed by atoms with Crippen LogP contribution in [0.15, 0.2) is 12.8 Å². The fraction of sp³-hybridized carbons (Fsp3) is 0. The summed E-state index contributed by atoms with van der Waals surface area (Å²) in [5, 5.41) is 10.0. The minimum absolute atomic E-state index is 0.255. The predicted molar refractivity (Wildman–Crippen MR) is 35.3 cm³/mol. The van der Waals surface area contributed by atoms with Gasteiger partial charge in [-0.3, -0.25) is 0 Å². The molecule has 5 nitrogen and oxygen atoms in total. The molecule has 0 radical (unpaired) electrons. The number of aromatic nitrogens is 2. The number of hydrogen-bond donors (Lipinski definition) is 1. The molecular formula is C5H5N3O2. The summed E-state index contributed by atoms with van der Waals surface area (Å²) < 4.78 is 0. The molecule has 0 fully saturated rings. The van der Waals surface area contributed by atoms with Crippen LogP contribution in [-0.4, -0.2) is 14.9 Å². The number of H-pyrrole nitrogens is 1. The molecule has 10 heavy (non-hydrogen) atoms. The Morgan fingerprint density at radius 3 is 2.90 bits per heavy atom. The summed E-state index contributed by atoms with van der Waals surface area (Å²) in [7, 11) is 0. The molecule has 0 spiro atoms. The lowest BCUT2D eigenvalue weighted by Gasteiger charge is -1.84. The summed E-state index contributed by atoms with van der Waals surface area (Å²) in [5.74, 6) is -0.255. The highest BCUT2D eigenvalue weighted by Crippen LogP contribution is 2.04. The van der Waals surface area contributed by atoms with Gasteiger partial charge in [-0.05, 0) is 11.0 Å². The molecule has 0 aliphatic carbocycles. The van der Waals surface area contributed by atoms with Gasteiger partial charge in [0.25, 0.3) is 0 Å². The molecule has 52 valence electrons. The fourth-order valence-electron chi connectivity index (χ4n) is 0.523. The van der Waals surface area contributed by atoms with Crippen LogP contribution in [0.5, 0.6) is 0 Å². The number of nitrogens with one attached hydrogen (secondary N) is 1. The molecule has 0 saturated heterocycles. The Kier molecular flexibility index (Phi) is 1.49. The lowest BCUT2D eigenvalue weighted by atomic mass is 10.5. The van der Waals surface area contributed by atoms with E-state index in [0.717, 1.165) is 0 Å². The molecule has 1 rings (SSSR count). The first-order valence-electron chi connectivity index (χ1n) is 2.56. The van der Waals surface area contributed by atoms with Crippen LogP contribution in [0, 0.1) is 10.1 Å². The number of nitrogens with zero attached hydrogens (tertiary/aromatic N) is 2. The monoisotopic (exact) mass is 139 g/mol. The highest BCUT2D eigenvalue weighted by molar-refractivity contribution is 5.41. The minimum Gasteiger partial charge on any atom is -0.390 e. The van der Waals surface area contributed by atoms with Gasteiger partial charge < -0.3 is 10.1 Å². The molecule has 0 atom stereocenters. The van der Waals surface area contributed by atoms with Crippen molar-refractivity contribution in [1.82, 2.24) is 9.97 Å². The zero-order chi connectivity index (χ0) is 7.56. The topological polar surface area (TPSA) is 71.8 Å². The highest BCUT2D eigenvalue weighted by atomic mass is 16.6. The molecule has 5 heteroatoms. The predicted octanol–water partition coefficient (Wildman–Crippen LogP) is 0.961. The van der Waals surface area contributed by atoms with E-state index in [-0.39, 0.29) is 5.95 Å². The average molecular weight is 139 g/mol. The third-order valence-corrected chi connectivity index (χ3v) is 0.966. The van der Waals surface area contributed by atoms with Crippen molar-refractivity contribution in [2.75, 3.05) is 0 Å². The normalized spacial score (nSPS) is 9.20. The van der Waals surface area contributed by atoms with Crippen LogP contribution in [0.4, 0.5) is 5.95 Å². The van der Waals surface area contributed by atoms with Crippen LogP contribution >= 0.6 is 0 Å². The van der Waals surface area contributed by atoms with E-state index in [1.54, 1.807) is 0 Å². The van der Waals surface area contributed by atoms with Crippen molar-refractivity contribution in [3.05, 3.63) is 28.6 Å². The number of aromatic amines is 1. The minimum atomic E-state index is -0.590. The molecule has 0 aromatic carbocycles. The summed E-state index contributed by atoms with van der Waals surface area (Å²) in [6.07, 6.45) is 2.86. The van der Waals surface area contributed by atoms with E-state index in [9.17, 15) is 10.1 Å². The van der Waals surface area contributed by atoms with Gasteiger partial charge in [0.15, 0.2) is 5.69 Å². The van der Waals surface area contributed by atoms with Crippen LogP contribution in [0.25, 0.3) is 6.08 Å². The van der Waals surface area contributed by atoms with Crippen molar-refractivity contribution >= 4 is 12.0 Å². The van der Waals surface area contributed by atoms with Crippen LogP contribution in [0.2, 0.25) is 0 Å². The average Bonchev–Trinajstić information content (AvgIpc) is 2.34. The lowest BCUT2D eigenvalue weighted by molar-refractivity contribution is -0.393. The largest absolute Gasteiger partial charge is 0.432 e. The Morgan fingerprint density at radius 2 is 2.60 bits per heavy atom. The standard InChI is InChI=1S/C5H5N3O2/c1-2-4-3-6-5(7-4)8(9)10/h2-3H,1H2,(H,6,7). The second-order valence-corrected chi connectivity index (χ2v) is 1.61. The first-order valence-corrected chi connectivity index (χ1v) is 2.56. The van der Waals surface area contributed by atoms with E-state index in [1.807, 2.05) is 0 Å². The first kappa shape index (κ1) is 6.47. The smallest absolute Gasteiger partial charge is 0.390 e. The van der Waals surface area contributed by atoms with Gasteiger partial charge in [0, 0.05) is 0 Å². The molecular weight excluding hydrogens is 134 g/mol. The van der Waals surface area contributed by atoms with Crippen molar-refractivity contribution in [2.45, 2.75) is 0 Å². The number of hydrogen-bond acceptors (Lipinski definition) is 3. The zero-order valence-corrected chi connectivity index (χ0v) is 5.07. The highest BCUT2D eigenvalue weighted by Gasteiger charge is 2.07. The summed E-state index contributed by atoms with van der Waals surface area (Å²) in [4.78, 5) is 15.3. The molecule has 0 unspecified atom stereocenters. The number of rotatable bonds is 2. The molecule has 0 aliphatic rings. The molecule has 1 aromatic rings. The lowest BCUT2D eigenvalue weighted by Crippen LogP contribution is -1.88. The Balaban J connectivity index is 2.98. The molecule has 1 heterocycles. The van der Waals surface area contributed by atoms with Gasteiger partial charge in [-0.25, -0.2) is 4.98 Å². The van der Waals surface area contributed by atoms with Crippen LogP contribution in [0.3, 0.4) is 0 Å². The molecule has 0 amide bonds. The van der Waals surface area contributed by atoms with Gasteiger partial charge in [-0.1, -0.05) is 11.6 Å². The third kappa shape index (κ3) is 1.02. The van der Waals surface area contributed by atoms with Gasteiger partial charge in [0.05, 0.1) is 0 Å². The van der Waals surface area contributed by atoms with Gasteiger partial charge in [-0.2, -0.15) is 0 Å². The Bertz CT molecular complexity index is 266. The van der Waals surface area contributed by atoms with Crippen molar-refractivity contribution in [3.63, 3.8) is 0 Å². The van der Waals surface area contributed by atoms with Gasteiger partial charge in [-0.15, -0.1) is 0 Å². The molecule has 1 aromatic heterocycles. The van der Waals surface area contributed by atoms with Crippen LogP contribution < -0.4 is 0 Å². The SMILES string of the molecule is C=Cc1c[nH]c([N+](=O)[O-])n1. The molecule has 0 aliphatic heterocycles. The first-order chi connectivity index (χ1) is 4.74. The Labute approximate surface area is 56.6 Å². The second kappa shape index (κ2) is 2.30. The summed E-state index contributed by atoms with van der Waals surface area (Å²) in [6, 6.07) is 0. The maximum absolute atomic E-state index is 10.0. The molecule has 1 N–H and O–H groups in total. The summed E-state index contributed by atoms with van der Waals surface area (Å²) >= 11 is 0. The number of nitro groups is 1. The Hall–Kier alpha value is -1.65. The molecule has 0 saturated carbocycles. The third-order valence-electron chi connectivity index (χ3n) is 0.966. The molecule has 0 bridgehead atoms. The van der Waals surface area contributed by atoms with Crippen molar-refractivity contribution in [3.8, 4) is 0 Å².